The number of nitrogens with one attached hydrogen (secondary N) is 1. The van der Waals surface area contributed by atoms with E-state index >= 15 is 0 Å². The quantitative estimate of drug-likeness (QED) is 0.772. The van der Waals surface area contributed by atoms with Crippen LogP contribution in [0.2, 0.25) is 0 Å². The molecule has 1 nitrogen and oxygen atoms in total. The lowest BCUT2D eigenvalue weighted by molar-refractivity contribution is 0.0420. The molecule has 106 valence electrons. The highest BCUT2D eigenvalue weighted by molar-refractivity contribution is 4.95. The fraction of sp³-hybridized carbons (Fsp3) is 1.00. The Morgan fingerprint density at radius 2 is 1.56 bits per heavy atom. The van der Waals surface area contributed by atoms with E-state index in [0.29, 0.717) is 10.8 Å². The lowest BCUT2D eigenvalue weighted by Crippen LogP contribution is -2.43. The Labute approximate surface area is 114 Å². The Morgan fingerprint density at radius 3 is 2.00 bits per heavy atom. The molecule has 0 aromatic carbocycles. The Morgan fingerprint density at radius 1 is 1.00 bits per heavy atom. The molecule has 0 aromatic rings. The first-order valence-electron chi connectivity index (χ1n) is 8.12. The molecular formula is C17H33N. The maximum atomic E-state index is 3.51. The van der Waals surface area contributed by atoms with Crippen LogP contribution in [0.1, 0.15) is 72.1 Å². The van der Waals surface area contributed by atoms with Crippen LogP contribution in [-0.2, 0) is 0 Å². The molecule has 2 aliphatic carbocycles. The van der Waals surface area contributed by atoms with E-state index in [1.807, 2.05) is 0 Å². The van der Waals surface area contributed by atoms with Gasteiger partial charge in [-0.05, 0) is 68.2 Å². The van der Waals surface area contributed by atoms with E-state index in [0.717, 1.165) is 11.8 Å². The average Bonchev–Trinajstić information content (AvgIpc) is 2.82. The van der Waals surface area contributed by atoms with Gasteiger partial charge in [0.05, 0.1) is 0 Å². The van der Waals surface area contributed by atoms with Crippen molar-refractivity contribution in [3.63, 3.8) is 0 Å². The molecule has 2 aliphatic rings. The van der Waals surface area contributed by atoms with Crippen LogP contribution < -0.4 is 5.32 Å². The van der Waals surface area contributed by atoms with Crippen molar-refractivity contribution in [2.75, 3.05) is 13.6 Å². The van der Waals surface area contributed by atoms with Gasteiger partial charge in [0.1, 0.15) is 0 Å². The third-order valence-corrected chi connectivity index (χ3v) is 5.96. The molecule has 0 amide bonds. The smallest absolute Gasteiger partial charge is 0.000746 e. The van der Waals surface area contributed by atoms with E-state index in [2.05, 4.69) is 33.1 Å². The molecule has 0 bridgehead atoms. The van der Waals surface area contributed by atoms with E-state index < -0.39 is 0 Å². The van der Waals surface area contributed by atoms with Gasteiger partial charge in [0.2, 0.25) is 0 Å². The van der Waals surface area contributed by atoms with Crippen molar-refractivity contribution in [1.29, 1.82) is 0 Å². The molecule has 2 saturated carbocycles. The second kappa shape index (κ2) is 5.53. The average molecular weight is 251 g/mol. The summed E-state index contributed by atoms with van der Waals surface area (Å²) in [5.74, 6) is 1.97. The van der Waals surface area contributed by atoms with Crippen LogP contribution in [-0.4, -0.2) is 13.6 Å². The van der Waals surface area contributed by atoms with Gasteiger partial charge in [0, 0.05) is 6.54 Å². The van der Waals surface area contributed by atoms with Crippen LogP contribution in [0.25, 0.3) is 0 Å². The van der Waals surface area contributed by atoms with Crippen LogP contribution in [0.5, 0.6) is 0 Å². The first-order valence-corrected chi connectivity index (χ1v) is 8.12. The first-order chi connectivity index (χ1) is 8.48. The molecular weight excluding hydrogens is 218 g/mol. The van der Waals surface area contributed by atoms with Gasteiger partial charge in [-0.3, -0.25) is 0 Å². The fourth-order valence-electron chi connectivity index (χ4n) is 4.68. The zero-order valence-electron chi connectivity index (χ0n) is 13.0. The monoisotopic (exact) mass is 251 g/mol. The minimum Gasteiger partial charge on any atom is -0.319 e. The zero-order chi connectivity index (χ0) is 13.2. The van der Waals surface area contributed by atoms with Gasteiger partial charge in [0.15, 0.2) is 0 Å². The number of rotatable bonds is 3. The Kier molecular flexibility index (Phi) is 4.41. The van der Waals surface area contributed by atoms with E-state index in [4.69, 9.17) is 0 Å². The summed E-state index contributed by atoms with van der Waals surface area (Å²) in [5, 5.41) is 3.51. The van der Waals surface area contributed by atoms with E-state index in [9.17, 15) is 0 Å². The van der Waals surface area contributed by atoms with Gasteiger partial charge < -0.3 is 5.32 Å². The van der Waals surface area contributed by atoms with E-state index in [1.165, 1.54) is 57.9 Å². The number of hydrogen-bond donors (Lipinski definition) is 1. The molecule has 0 unspecified atom stereocenters. The Bertz CT molecular complexity index is 249. The summed E-state index contributed by atoms with van der Waals surface area (Å²) in [6.07, 6.45) is 11.8. The standard InChI is InChI=1S/C17H33N/c1-16(2,3)14-9-11-17(12-10-14,13-18-4)15-7-5-6-8-15/h14-15,18H,5-13H2,1-4H3. The Hall–Kier alpha value is -0.0400. The van der Waals surface area contributed by atoms with Crippen molar-refractivity contribution >= 4 is 0 Å². The summed E-state index contributed by atoms with van der Waals surface area (Å²) in [6, 6.07) is 0. The second-order valence-corrected chi connectivity index (χ2v) is 8.01. The summed E-state index contributed by atoms with van der Waals surface area (Å²) in [5.41, 5.74) is 1.16. The molecule has 18 heavy (non-hydrogen) atoms. The van der Waals surface area contributed by atoms with E-state index in [1.54, 1.807) is 0 Å². The lowest BCUT2D eigenvalue weighted by Gasteiger charge is -2.47. The van der Waals surface area contributed by atoms with Gasteiger partial charge in [-0.2, -0.15) is 0 Å². The van der Waals surface area contributed by atoms with Crippen molar-refractivity contribution in [1.82, 2.24) is 5.32 Å². The summed E-state index contributed by atoms with van der Waals surface area (Å²) in [6.45, 7) is 8.55. The maximum absolute atomic E-state index is 3.51. The molecule has 1 N–H and O–H groups in total. The summed E-state index contributed by atoms with van der Waals surface area (Å²) >= 11 is 0. The normalized spacial score (nSPS) is 35.0. The maximum Gasteiger partial charge on any atom is 0.000746 e. The minimum atomic E-state index is 0.515. The summed E-state index contributed by atoms with van der Waals surface area (Å²) < 4.78 is 0. The lowest BCUT2D eigenvalue weighted by atomic mass is 9.59. The minimum absolute atomic E-state index is 0.515. The highest BCUT2D eigenvalue weighted by atomic mass is 14.8. The van der Waals surface area contributed by atoms with Gasteiger partial charge in [-0.15, -0.1) is 0 Å². The predicted octanol–water partition coefficient (Wildman–Crippen LogP) is 4.62. The molecule has 2 rings (SSSR count). The first kappa shape index (κ1) is 14.4. The molecule has 0 saturated heterocycles. The molecule has 0 aliphatic heterocycles. The third-order valence-electron chi connectivity index (χ3n) is 5.96. The van der Waals surface area contributed by atoms with Gasteiger partial charge in [-0.25, -0.2) is 0 Å². The molecule has 0 aromatic heterocycles. The largest absolute Gasteiger partial charge is 0.319 e. The predicted molar refractivity (Wildman–Crippen MR) is 79.7 cm³/mol. The molecule has 0 atom stereocenters. The fourth-order valence-corrected chi connectivity index (χ4v) is 4.68. The molecule has 1 heteroatoms. The summed E-state index contributed by atoms with van der Waals surface area (Å²) in [7, 11) is 2.15. The van der Waals surface area contributed by atoms with Crippen molar-refractivity contribution in [2.45, 2.75) is 72.1 Å². The topological polar surface area (TPSA) is 12.0 Å². The highest BCUT2D eigenvalue weighted by Crippen LogP contribution is 2.52. The molecule has 0 radical (unpaired) electrons. The van der Waals surface area contributed by atoms with Crippen molar-refractivity contribution in [3.05, 3.63) is 0 Å². The van der Waals surface area contributed by atoms with Crippen LogP contribution in [0, 0.1) is 22.7 Å². The van der Waals surface area contributed by atoms with Crippen LogP contribution >= 0.6 is 0 Å². The van der Waals surface area contributed by atoms with Crippen molar-refractivity contribution in [3.8, 4) is 0 Å². The summed E-state index contributed by atoms with van der Waals surface area (Å²) in [4.78, 5) is 0. The number of hydrogen-bond acceptors (Lipinski definition) is 1. The second-order valence-electron chi connectivity index (χ2n) is 8.01. The SMILES string of the molecule is CNCC1(C2CCCC2)CCC(C(C)(C)C)CC1. The van der Waals surface area contributed by atoms with Gasteiger partial charge in [-0.1, -0.05) is 33.6 Å². The van der Waals surface area contributed by atoms with Crippen LogP contribution in [0.4, 0.5) is 0 Å². The molecule has 0 heterocycles. The highest BCUT2D eigenvalue weighted by Gasteiger charge is 2.43. The van der Waals surface area contributed by atoms with Crippen molar-refractivity contribution < 1.29 is 0 Å². The van der Waals surface area contributed by atoms with Crippen LogP contribution in [0.15, 0.2) is 0 Å². The van der Waals surface area contributed by atoms with E-state index in [-0.39, 0.29) is 0 Å². The van der Waals surface area contributed by atoms with Gasteiger partial charge in [0.25, 0.3) is 0 Å². The van der Waals surface area contributed by atoms with Crippen molar-refractivity contribution in [2.24, 2.45) is 22.7 Å². The Balaban J connectivity index is 2.01. The van der Waals surface area contributed by atoms with Crippen LogP contribution in [0.3, 0.4) is 0 Å². The molecule has 2 fully saturated rings. The molecule has 0 spiro atoms. The zero-order valence-corrected chi connectivity index (χ0v) is 13.0. The third kappa shape index (κ3) is 2.92. The van der Waals surface area contributed by atoms with Gasteiger partial charge >= 0.3 is 0 Å².